The predicted octanol–water partition coefficient (Wildman–Crippen LogP) is 3.41. The molecule has 1 aromatic heterocycles. The van der Waals surface area contributed by atoms with Gasteiger partial charge in [0.25, 0.3) is 0 Å². The summed E-state index contributed by atoms with van der Waals surface area (Å²) in [6.45, 7) is 6.80. The summed E-state index contributed by atoms with van der Waals surface area (Å²) in [7, 11) is 0. The number of hydrogen-bond acceptors (Lipinski definition) is 3. The Morgan fingerprint density at radius 1 is 0.963 bits per heavy atom. The van der Waals surface area contributed by atoms with Gasteiger partial charge in [0.2, 0.25) is 0 Å². The number of halogens is 2. The first-order valence-electron chi connectivity index (χ1n) is 9.45. The number of nitrogens with one attached hydrogen (secondary N) is 2. The van der Waals surface area contributed by atoms with Gasteiger partial charge in [0.15, 0.2) is 0 Å². The molecule has 1 atom stereocenters. The molecular weight excluding hydrogens is 348 g/mol. The average Bonchev–Trinajstić information content (AvgIpc) is 2.90. The number of aromatic nitrogens is 1. The summed E-state index contributed by atoms with van der Waals surface area (Å²) in [4.78, 5) is 0. The fourth-order valence-corrected chi connectivity index (χ4v) is 3.39. The molecule has 3 N–H and O–H groups in total. The van der Waals surface area contributed by atoms with Crippen molar-refractivity contribution in [2.75, 3.05) is 19.6 Å². The van der Waals surface area contributed by atoms with Crippen LogP contribution >= 0.6 is 0 Å². The Hall–Kier alpha value is -2.02. The van der Waals surface area contributed by atoms with Gasteiger partial charge in [-0.3, -0.25) is 0 Å². The van der Waals surface area contributed by atoms with Gasteiger partial charge in [-0.2, -0.15) is 0 Å². The van der Waals surface area contributed by atoms with Gasteiger partial charge in [0.05, 0.1) is 12.6 Å². The van der Waals surface area contributed by atoms with Crippen LogP contribution in [0.15, 0.2) is 36.4 Å². The van der Waals surface area contributed by atoms with Crippen LogP contribution in [0, 0.1) is 11.6 Å². The molecule has 0 saturated heterocycles. The molecule has 27 heavy (non-hydrogen) atoms. The van der Waals surface area contributed by atoms with E-state index in [9.17, 15) is 13.9 Å². The third-order valence-electron chi connectivity index (χ3n) is 4.65. The minimum Gasteiger partial charge on any atom is -0.390 e. The van der Waals surface area contributed by atoms with Gasteiger partial charge in [-0.05, 0) is 55.9 Å². The number of hydrogen-bond donors (Lipinski definition) is 3. The first-order chi connectivity index (χ1) is 13.0. The zero-order valence-electron chi connectivity index (χ0n) is 15.8. The zero-order chi connectivity index (χ0) is 19.4. The third kappa shape index (κ3) is 4.83. The molecule has 2 aromatic carbocycles. The molecule has 0 amide bonds. The van der Waals surface area contributed by atoms with Crippen molar-refractivity contribution in [3.05, 3.63) is 48.0 Å². The van der Waals surface area contributed by atoms with E-state index in [1.165, 1.54) is 24.3 Å². The van der Waals surface area contributed by atoms with Crippen molar-refractivity contribution in [2.24, 2.45) is 0 Å². The number of aliphatic hydroxyl groups is 1. The third-order valence-corrected chi connectivity index (χ3v) is 4.65. The molecule has 0 fully saturated rings. The molecule has 4 nitrogen and oxygen atoms in total. The average molecular weight is 375 g/mol. The molecule has 0 bridgehead atoms. The van der Waals surface area contributed by atoms with Gasteiger partial charge >= 0.3 is 0 Å². The first-order valence-corrected chi connectivity index (χ1v) is 9.45. The van der Waals surface area contributed by atoms with E-state index < -0.39 is 6.10 Å². The Morgan fingerprint density at radius 3 is 2.11 bits per heavy atom. The lowest BCUT2D eigenvalue weighted by Gasteiger charge is -2.15. The minimum atomic E-state index is -0.600. The van der Waals surface area contributed by atoms with Crippen molar-refractivity contribution >= 4 is 21.8 Å². The maximum atomic E-state index is 13.7. The standard InChI is InChI=1S/C21H27F2N3O/c1-14(2)25-9-3-8-24-12-17(27)13-26-20-6-4-15(22)10-18(20)19-11-16(23)5-7-21(19)26/h4-7,10-11,14,17,24-25,27H,3,8-9,12-13H2,1-2H3. The molecule has 6 heteroatoms. The SMILES string of the molecule is CC(C)NCCCNCC(O)Cn1c2ccc(F)cc2c2cc(F)ccc21. The first kappa shape index (κ1) is 19.7. The van der Waals surface area contributed by atoms with Crippen LogP contribution in [0.3, 0.4) is 0 Å². The molecule has 0 aliphatic rings. The summed E-state index contributed by atoms with van der Waals surface area (Å²) in [5, 5.41) is 18.4. The van der Waals surface area contributed by atoms with Crippen molar-refractivity contribution in [3.8, 4) is 0 Å². The normalized spacial score (nSPS) is 13.1. The lowest BCUT2D eigenvalue weighted by Crippen LogP contribution is -2.32. The quantitative estimate of drug-likeness (QED) is 0.503. The van der Waals surface area contributed by atoms with Crippen LogP contribution < -0.4 is 10.6 Å². The van der Waals surface area contributed by atoms with E-state index in [-0.39, 0.29) is 11.6 Å². The van der Waals surface area contributed by atoms with E-state index in [0.717, 1.165) is 30.5 Å². The zero-order valence-corrected chi connectivity index (χ0v) is 15.8. The summed E-state index contributed by atoms with van der Waals surface area (Å²) >= 11 is 0. The molecular formula is C21H27F2N3O. The van der Waals surface area contributed by atoms with Crippen LogP contribution in [0.2, 0.25) is 0 Å². The lowest BCUT2D eigenvalue weighted by atomic mass is 10.1. The second-order valence-electron chi connectivity index (χ2n) is 7.25. The van der Waals surface area contributed by atoms with E-state index >= 15 is 0 Å². The monoisotopic (exact) mass is 375 g/mol. The summed E-state index contributed by atoms with van der Waals surface area (Å²) in [6.07, 6.45) is 0.385. The molecule has 0 aliphatic heterocycles. The second kappa shape index (κ2) is 8.78. The molecule has 1 heterocycles. The Kier molecular flexibility index (Phi) is 6.42. The van der Waals surface area contributed by atoms with E-state index in [2.05, 4.69) is 24.5 Å². The maximum absolute atomic E-state index is 13.7. The highest BCUT2D eigenvalue weighted by molar-refractivity contribution is 6.08. The molecule has 0 aliphatic carbocycles. The van der Waals surface area contributed by atoms with Crippen molar-refractivity contribution in [1.82, 2.24) is 15.2 Å². The highest BCUT2D eigenvalue weighted by Crippen LogP contribution is 2.30. The fourth-order valence-electron chi connectivity index (χ4n) is 3.39. The van der Waals surface area contributed by atoms with Gasteiger partial charge in [0.1, 0.15) is 11.6 Å². The Labute approximate surface area is 158 Å². The largest absolute Gasteiger partial charge is 0.390 e. The molecule has 0 radical (unpaired) electrons. The highest BCUT2D eigenvalue weighted by atomic mass is 19.1. The van der Waals surface area contributed by atoms with Gasteiger partial charge in [-0.15, -0.1) is 0 Å². The number of rotatable bonds is 9. The molecule has 0 saturated carbocycles. The van der Waals surface area contributed by atoms with Crippen LogP contribution in [-0.4, -0.2) is 41.5 Å². The molecule has 3 rings (SSSR count). The minimum absolute atomic E-state index is 0.356. The summed E-state index contributed by atoms with van der Waals surface area (Å²) < 4.78 is 29.3. The van der Waals surface area contributed by atoms with Gasteiger partial charge < -0.3 is 20.3 Å². The van der Waals surface area contributed by atoms with Crippen molar-refractivity contribution in [2.45, 2.75) is 39.0 Å². The summed E-state index contributed by atoms with van der Waals surface area (Å²) in [6, 6.07) is 9.45. The molecule has 1 unspecified atom stereocenters. The summed E-state index contributed by atoms with van der Waals surface area (Å²) in [5.74, 6) is -0.717. The molecule has 0 spiro atoms. The van der Waals surface area contributed by atoms with Gasteiger partial charge in [0, 0.05) is 34.4 Å². The Balaban J connectivity index is 1.70. The van der Waals surface area contributed by atoms with Crippen LogP contribution in [0.4, 0.5) is 8.78 Å². The molecule has 3 aromatic rings. The van der Waals surface area contributed by atoms with E-state index in [4.69, 9.17) is 0 Å². The van der Waals surface area contributed by atoms with Gasteiger partial charge in [-0.25, -0.2) is 8.78 Å². The number of nitrogens with zero attached hydrogens (tertiary/aromatic N) is 1. The smallest absolute Gasteiger partial charge is 0.123 e. The number of benzene rings is 2. The lowest BCUT2D eigenvalue weighted by molar-refractivity contribution is 0.154. The van der Waals surface area contributed by atoms with E-state index in [0.29, 0.717) is 29.9 Å². The van der Waals surface area contributed by atoms with Crippen LogP contribution in [0.5, 0.6) is 0 Å². The van der Waals surface area contributed by atoms with Crippen molar-refractivity contribution in [3.63, 3.8) is 0 Å². The van der Waals surface area contributed by atoms with Crippen LogP contribution in [0.25, 0.3) is 21.8 Å². The topological polar surface area (TPSA) is 49.2 Å². The van der Waals surface area contributed by atoms with E-state index in [1.54, 1.807) is 12.1 Å². The van der Waals surface area contributed by atoms with Crippen molar-refractivity contribution < 1.29 is 13.9 Å². The van der Waals surface area contributed by atoms with Gasteiger partial charge in [-0.1, -0.05) is 13.8 Å². The maximum Gasteiger partial charge on any atom is 0.123 e. The number of fused-ring (bicyclic) bond motifs is 3. The second-order valence-corrected chi connectivity index (χ2v) is 7.25. The number of aliphatic hydroxyl groups excluding tert-OH is 1. The molecule has 146 valence electrons. The summed E-state index contributed by atoms with van der Waals surface area (Å²) in [5.41, 5.74) is 1.58. The van der Waals surface area contributed by atoms with Crippen LogP contribution in [0.1, 0.15) is 20.3 Å². The Bertz CT molecular complexity index is 848. The Morgan fingerprint density at radius 2 is 1.56 bits per heavy atom. The van der Waals surface area contributed by atoms with E-state index in [1.807, 2.05) is 4.57 Å². The van der Waals surface area contributed by atoms with Crippen LogP contribution in [-0.2, 0) is 6.54 Å². The highest BCUT2D eigenvalue weighted by Gasteiger charge is 2.15. The fraction of sp³-hybridized carbons (Fsp3) is 0.429. The predicted molar refractivity (Wildman–Crippen MR) is 106 cm³/mol. The van der Waals surface area contributed by atoms with Crippen molar-refractivity contribution in [1.29, 1.82) is 0 Å².